The lowest BCUT2D eigenvalue weighted by Crippen LogP contribution is -2.29. The molecule has 0 saturated carbocycles. The summed E-state index contributed by atoms with van der Waals surface area (Å²) in [5, 5.41) is 9.75. The molecule has 35 heavy (non-hydrogen) atoms. The van der Waals surface area contributed by atoms with Gasteiger partial charge in [-0.1, -0.05) is 46.7 Å². The molecule has 0 radical (unpaired) electrons. The molecule has 1 atom stereocenters. The number of benzene rings is 2. The number of amides is 1. The molecule has 2 aromatic heterocycles. The maximum atomic E-state index is 13.7. The predicted octanol–water partition coefficient (Wildman–Crippen LogP) is 5.65. The van der Waals surface area contributed by atoms with Gasteiger partial charge in [0.1, 0.15) is 10.6 Å². The van der Waals surface area contributed by atoms with Gasteiger partial charge < -0.3 is 13.9 Å². The Morgan fingerprint density at radius 3 is 2.69 bits per heavy atom. The van der Waals surface area contributed by atoms with Crippen LogP contribution in [0, 0.1) is 6.92 Å². The summed E-state index contributed by atoms with van der Waals surface area (Å²) in [5.74, 6) is 0.679. The van der Waals surface area contributed by atoms with E-state index in [1.165, 1.54) is 16.2 Å². The van der Waals surface area contributed by atoms with Gasteiger partial charge in [0.25, 0.3) is 5.91 Å². The number of nitrogens with zero attached hydrogens (tertiary/aromatic N) is 3. The fourth-order valence-electron chi connectivity index (χ4n) is 4.14. The minimum atomic E-state index is -0.761. The van der Waals surface area contributed by atoms with Crippen LogP contribution in [-0.2, 0) is 0 Å². The predicted molar refractivity (Wildman–Crippen MR) is 137 cm³/mol. The summed E-state index contributed by atoms with van der Waals surface area (Å²) in [6, 6.07) is 9.81. The van der Waals surface area contributed by atoms with Crippen LogP contribution >= 0.6 is 27.3 Å². The van der Waals surface area contributed by atoms with Crippen LogP contribution in [0.4, 0.5) is 5.13 Å². The van der Waals surface area contributed by atoms with E-state index in [2.05, 4.69) is 33.1 Å². The summed E-state index contributed by atoms with van der Waals surface area (Å²) >= 11 is 4.69. The molecular weight excluding hydrogens is 534 g/mol. The van der Waals surface area contributed by atoms with Gasteiger partial charge in [-0.25, -0.2) is 0 Å². The van der Waals surface area contributed by atoms with E-state index in [0.29, 0.717) is 44.8 Å². The van der Waals surface area contributed by atoms with E-state index in [4.69, 9.17) is 13.9 Å². The molecule has 1 amide bonds. The van der Waals surface area contributed by atoms with E-state index in [1.54, 1.807) is 37.4 Å². The number of carbonyl (C=O) groups is 1. The minimum Gasteiger partial charge on any atom is -0.493 e. The number of aromatic nitrogens is 2. The maximum Gasteiger partial charge on any atom is 0.297 e. The lowest BCUT2D eigenvalue weighted by Gasteiger charge is -2.23. The van der Waals surface area contributed by atoms with Crippen LogP contribution in [0.25, 0.3) is 11.0 Å². The summed E-state index contributed by atoms with van der Waals surface area (Å²) in [4.78, 5) is 28.8. The van der Waals surface area contributed by atoms with Crippen LogP contribution in [-0.4, -0.2) is 29.8 Å². The molecule has 10 heteroatoms. The van der Waals surface area contributed by atoms with Crippen molar-refractivity contribution in [2.75, 3.05) is 18.6 Å². The zero-order chi connectivity index (χ0) is 24.7. The second-order valence-corrected chi connectivity index (χ2v) is 10.2. The van der Waals surface area contributed by atoms with E-state index >= 15 is 0 Å². The molecule has 2 aromatic carbocycles. The second kappa shape index (κ2) is 9.43. The number of ether oxygens (including phenoxy) is 2. The summed E-state index contributed by atoms with van der Waals surface area (Å²) < 4.78 is 18.2. The third-order valence-corrected chi connectivity index (χ3v) is 7.14. The van der Waals surface area contributed by atoms with Gasteiger partial charge in [0.2, 0.25) is 10.9 Å². The van der Waals surface area contributed by atoms with Gasteiger partial charge in [0, 0.05) is 4.47 Å². The first-order chi connectivity index (χ1) is 16.9. The number of aryl methyl sites for hydroxylation is 1. The molecule has 0 aliphatic carbocycles. The Kier molecular flexibility index (Phi) is 6.33. The van der Waals surface area contributed by atoms with Crippen LogP contribution in [0.3, 0.4) is 0 Å². The fourth-order valence-corrected chi connectivity index (χ4v) is 5.22. The molecule has 1 aliphatic heterocycles. The first-order valence-electron chi connectivity index (χ1n) is 11.1. The molecule has 0 spiro atoms. The van der Waals surface area contributed by atoms with Crippen LogP contribution in [0.15, 0.2) is 50.1 Å². The van der Waals surface area contributed by atoms with E-state index < -0.39 is 11.9 Å². The molecule has 1 unspecified atom stereocenters. The first kappa shape index (κ1) is 23.5. The van der Waals surface area contributed by atoms with E-state index in [9.17, 15) is 9.59 Å². The van der Waals surface area contributed by atoms with Crippen molar-refractivity contribution in [3.8, 4) is 11.5 Å². The highest BCUT2D eigenvalue weighted by atomic mass is 79.9. The fraction of sp³-hybridized carbons (Fsp3) is 0.280. The number of unbranched alkanes of at least 4 members (excludes halogenated alkanes) is 1. The number of rotatable bonds is 7. The standard InChI is InChI=1S/C25H22BrN3O5S/c1-4-5-10-33-18-8-6-14(11-19(18)32-3)21-20-22(30)16-12-15(26)7-9-17(16)34-23(20)24(31)29(21)25-28-27-13(2)35-25/h6-9,11-12,21H,4-5,10H2,1-3H3. The van der Waals surface area contributed by atoms with E-state index in [0.717, 1.165) is 17.3 Å². The lowest BCUT2D eigenvalue weighted by molar-refractivity contribution is 0.0970. The Morgan fingerprint density at radius 2 is 1.97 bits per heavy atom. The number of carbonyl (C=O) groups excluding carboxylic acids is 1. The molecule has 8 nitrogen and oxygen atoms in total. The summed E-state index contributed by atoms with van der Waals surface area (Å²) in [5.41, 5.74) is 1.00. The first-order valence-corrected chi connectivity index (χ1v) is 12.7. The third kappa shape index (κ3) is 4.10. The maximum absolute atomic E-state index is 13.7. The van der Waals surface area contributed by atoms with Crippen LogP contribution in [0.5, 0.6) is 11.5 Å². The number of hydrogen-bond donors (Lipinski definition) is 0. The third-order valence-electron chi connectivity index (χ3n) is 5.81. The summed E-state index contributed by atoms with van der Waals surface area (Å²) in [7, 11) is 1.56. The Hall–Kier alpha value is -3.24. The molecular formula is C25H22BrN3O5S. The van der Waals surface area contributed by atoms with Crippen molar-refractivity contribution < 1.29 is 18.7 Å². The molecule has 0 saturated heterocycles. The van der Waals surface area contributed by atoms with Gasteiger partial charge >= 0.3 is 0 Å². The highest BCUT2D eigenvalue weighted by Gasteiger charge is 2.45. The molecule has 4 aromatic rings. The largest absolute Gasteiger partial charge is 0.493 e. The number of anilines is 1. The highest BCUT2D eigenvalue weighted by molar-refractivity contribution is 9.10. The van der Waals surface area contributed by atoms with Crippen LogP contribution < -0.4 is 19.8 Å². The molecule has 3 heterocycles. The van der Waals surface area contributed by atoms with Crippen molar-refractivity contribution in [3.63, 3.8) is 0 Å². The Balaban J connectivity index is 1.71. The van der Waals surface area contributed by atoms with Gasteiger partial charge in [-0.2, -0.15) is 0 Å². The average Bonchev–Trinajstić information content (AvgIpc) is 3.40. The molecule has 0 fully saturated rings. The Labute approximate surface area is 213 Å². The lowest BCUT2D eigenvalue weighted by atomic mass is 9.98. The van der Waals surface area contributed by atoms with Crippen LogP contribution in [0.1, 0.15) is 52.5 Å². The molecule has 5 rings (SSSR count). The molecule has 0 N–H and O–H groups in total. The second-order valence-electron chi connectivity index (χ2n) is 8.11. The monoisotopic (exact) mass is 555 g/mol. The smallest absolute Gasteiger partial charge is 0.297 e. The van der Waals surface area contributed by atoms with Crippen LogP contribution in [0.2, 0.25) is 0 Å². The van der Waals surface area contributed by atoms with Crippen molar-refractivity contribution in [2.45, 2.75) is 32.7 Å². The SMILES string of the molecule is CCCCOc1ccc(C2c3c(oc4ccc(Br)cc4c3=O)C(=O)N2c2nnc(C)s2)cc1OC. The average molecular weight is 556 g/mol. The van der Waals surface area contributed by atoms with Crippen molar-refractivity contribution in [1.29, 1.82) is 0 Å². The van der Waals surface area contributed by atoms with Gasteiger partial charge in [-0.3, -0.25) is 14.5 Å². The number of methoxy groups -OCH3 is 1. The normalized spacial score (nSPS) is 15.0. The zero-order valence-electron chi connectivity index (χ0n) is 19.3. The summed E-state index contributed by atoms with van der Waals surface area (Å²) in [6.07, 6.45) is 1.93. The molecule has 180 valence electrons. The highest BCUT2D eigenvalue weighted by Crippen LogP contribution is 2.44. The van der Waals surface area contributed by atoms with Gasteiger partial charge in [0.05, 0.1) is 30.7 Å². The zero-order valence-corrected chi connectivity index (χ0v) is 21.7. The van der Waals surface area contributed by atoms with Crippen molar-refractivity contribution in [2.24, 2.45) is 0 Å². The topological polar surface area (TPSA) is 94.8 Å². The Bertz CT molecular complexity index is 1500. The van der Waals surface area contributed by atoms with Gasteiger partial charge in [-0.05, 0) is 49.2 Å². The van der Waals surface area contributed by atoms with E-state index in [-0.39, 0.29) is 16.8 Å². The van der Waals surface area contributed by atoms with Crippen molar-refractivity contribution >= 4 is 49.3 Å². The summed E-state index contributed by atoms with van der Waals surface area (Å²) in [6.45, 7) is 4.47. The molecule has 1 aliphatic rings. The van der Waals surface area contributed by atoms with Gasteiger partial charge in [0.15, 0.2) is 16.9 Å². The minimum absolute atomic E-state index is 0.00455. The Morgan fingerprint density at radius 1 is 1.14 bits per heavy atom. The van der Waals surface area contributed by atoms with Crippen molar-refractivity contribution in [3.05, 3.63) is 73.0 Å². The number of hydrogen-bond acceptors (Lipinski definition) is 8. The molecule has 0 bridgehead atoms. The van der Waals surface area contributed by atoms with Gasteiger partial charge in [-0.15, -0.1) is 10.2 Å². The van der Waals surface area contributed by atoms with Crippen molar-refractivity contribution in [1.82, 2.24) is 10.2 Å². The number of halogens is 1. The van der Waals surface area contributed by atoms with E-state index in [1.807, 2.05) is 13.0 Å². The quantitative estimate of drug-likeness (QED) is 0.272. The number of fused-ring (bicyclic) bond motifs is 2.